The number of esters is 1. The Morgan fingerprint density at radius 3 is 2.61 bits per heavy atom. The molecule has 0 unspecified atom stereocenters. The van der Waals surface area contributed by atoms with E-state index in [-0.39, 0.29) is 24.7 Å². The van der Waals surface area contributed by atoms with E-state index in [2.05, 4.69) is 14.8 Å². The minimum absolute atomic E-state index is 0.104. The maximum atomic E-state index is 12.4. The van der Waals surface area contributed by atoms with Gasteiger partial charge >= 0.3 is 12.3 Å². The summed E-state index contributed by atoms with van der Waals surface area (Å²) in [5.41, 5.74) is 1.47. The number of ether oxygens (including phenoxy) is 4. The van der Waals surface area contributed by atoms with Gasteiger partial charge in [0.1, 0.15) is 12.5 Å². The number of rotatable bonds is 11. The molecule has 0 saturated carbocycles. The molecule has 0 saturated heterocycles. The van der Waals surface area contributed by atoms with Gasteiger partial charge in [0, 0.05) is 23.1 Å². The Bertz CT molecular complexity index is 1410. The van der Waals surface area contributed by atoms with Crippen molar-refractivity contribution in [2.45, 2.75) is 29.8 Å². The predicted molar refractivity (Wildman–Crippen MR) is 133 cm³/mol. The van der Waals surface area contributed by atoms with Crippen LogP contribution in [0.25, 0.3) is 17.0 Å². The second-order valence-electron chi connectivity index (χ2n) is 7.66. The Labute approximate surface area is 224 Å². The molecule has 2 aromatic carbocycles. The van der Waals surface area contributed by atoms with Gasteiger partial charge in [0.15, 0.2) is 0 Å². The maximum absolute atomic E-state index is 12.4. The molecule has 0 atom stereocenters. The molecule has 14 heteroatoms. The molecule has 2 heterocycles. The summed E-state index contributed by atoms with van der Waals surface area (Å²) in [4.78, 5) is 18.1. The van der Waals surface area contributed by atoms with Crippen LogP contribution >= 0.6 is 23.4 Å². The second-order valence-corrected chi connectivity index (χ2v) is 9.18. The quantitative estimate of drug-likeness (QED) is 0.167. The van der Waals surface area contributed by atoms with E-state index < -0.39 is 12.3 Å². The monoisotopic (exact) mass is 570 g/mol. The number of carbonyl (C=O) groups is 1. The van der Waals surface area contributed by atoms with Gasteiger partial charge in [-0.1, -0.05) is 23.4 Å². The Hall–Kier alpha value is -3.26. The average molecular weight is 571 g/mol. The number of benzene rings is 2. The van der Waals surface area contributed by atoms with Gasteiger partial charge in [-0.15, -0.1) is 13.2 Å². The van der Waals surface area contributed by atoms with Gasteiger partial charge in [0.2, 0.25) is 5.95 Å². The number of hydrogen-bond donors (Lipinski definition) is 0. The number of nitrogens with zero attached hydrogens (tertiary/aromatic N) is 4. The van der Waals surface area contributed by atoms with Crippen molar-refractivity contribution >= 4 is 40.4 Å². The Morgan fingerprint density at radius 2 is 1.92 bits per heavy atom. The zero-order chi connectivity index (χ0) is 27.3. The number of aromatic nitrogens is 4. The molecular formula is C24H22ClF3N4O5S. The molecule has 4 rings (SSSR count). The van der Waals surface area contributed by atoms with E-state index in [4.69, 9.17) is 25.8 Å². The molecule has 2 aromatic heterocycles. The fourth-order valence-corrected chi connectivity index (χ4v) is 4.51. The number of imidazole rings is 1. The number of fused-ring (bicyclic) bond motifs is 1. The number of carbonyl (C=O) groups excluding carboxylic acids is 1. The maximum Gasteiger partial charge on any atom is 0.573 e. The first-order chi connectivity index (χ1) is 18.2. The Kier molecular flexibility index (Phi) is 8.82. The molecule has 0 N–H and O–H groups in total. The molecule has 0 bridgehead atoms. The smallest absolute Gasteiger partial charge is 0.462 e. The van der Waals surface area contributed by atoms with Gasteiger partial charge in [-0.2, -0.15) is 5.10 Å². The van der Waals surface area contributed by atoms with Crippen molar-refractivity contribution in [3.8, 4) is 11.7 Å². The molecule has 0 spiro atoms. The van der Waals surface area contributed by atoms with Crippen molar-refractivity contribution in [2.75, 3.05) is 26.9 Å². The number of hydrogen-bond acceptors (Lipinski definition) is 8. The second kappa shape index (κ2) is 12.1. The van der Waals surface area contributed by atoms with Crippen molar-refractivity contribution in [2.24, 2.45) is 0 Å². The van der Waals surface area contributed by atoms with Crippen LogP contribution in [0.1, 0.15) is 17.3 Å². The SMILES string of the molecule is CCOC(=O)c1cnn(-c2nc3cc(Sc4ccc(OC(F)(F)F)cc4)c(Cl)cc3n2COCCOC)c1. The normalized spacial score (nSPS) is 11.7. The molecule has 0 aliphatic carbocycles. The molecule has 4 aromatic rings. The van der Waals surface area contributed by atoms with Crippen molar-refractivity contribution < 1.29 is 36.9 Å². The summed E-state index contributed by atoms with van der Waals surface area (Å²) in [6.45, 7) is 2.77. The summed E-state index contributed by atoms with van der Waals surface area (Å²) >= 11 is 7.84. The largest absolute Gasteiger partial charge is 0.573 e. The third-order valence-electron chi connectivity index (χ3n) is 5.02. The van der Waals surface area contributed by atoms with E-state index in [1.807, 2.05) is 0 Å². The van der Waals surface area contributed by atoms with Crippen LogP contribution in [0.2, 0.25) is 5.02 Å². The highest BCUT2D eigenvalue weighted by Gasteiger charge is 2.31. The van der Waals surface area contributed by atoms with Crippen molar-refractivity contribution in [1.82, 2.24) is 19.3 Å². The minimum atomic E-state index is -4.77. The van der Waals surface area contributed by atoms with Crippen LogP contribution < -0.4 is 4.74 Å². The summed E-state index contributed by atoms with van der Waals surface area (Å²) in [5, 5.41) is 4.66. The number of halogens is 4. The van der Waals surface area contributed by atoms with E-state index in [1.165, 1.54) is 53.1 Å². The first kappa shape index (κ1) is 27.8. The third kappa shape index (κ3) is 6.78. The summed E-state index contributed by atoms with van der Waals surface area (Å²) in [6, 6.07) is 8.93. The highest BCUT2D eigenvalue weighted by molar-refractivity contribution is 7.99. The summed E-state index contributed by atoms with van der Waals surface area (Å²) < 4.78 is 60.2. The van der Waals surface area contributed by atoms with E-state index in [0.29, 0.717) is 45.0 Å². The predicted octanol–water partition coefficient (Wildman–Crippen LogP) is 5.72. The fraction of sp³-hybridized carbons (Fsp3) is 0.292. The molecule has 0 fully saturated rings. The van der Waals surface area contributed by atoms with Gasteiger partial charge in [0.05, 0.1) is 47.6 Å². The molecule has 38 heavy (non-hydrogen) atoms. The molecule has 9 nitrogen and oxygen atoms in total. The fourth-order valence-electron chi connectivity index (χ4n) is 3.38. The highest BCUT2D eigenvalue weighted by atomic mass is 35.5. The third-order valence-corrected chi connectivity index (χ3v) is 6.51. The first-order valence-electron chi connectivity index (χ1n) is 11.2. The highest BCUT2D eigenvalue weighted by Crippen LogP contribution is 2.37. The molecular weight excluding hydrogens is 549 g/mol. The van der Waals surface area contributed by atoms with Crippen molar-refractivity contribution in [3.63, 3.8) is 0 Å². The zero-order valence-electron chi connectivity index (χ0n) is 20.2. The molecule has 202 valence electrons. The standard InChI is InChI=1S/C24H22ClF3N4O5S/c1-3-36-22(33)15-12-29-32(13-15)23-30-19-11-21(18(25)10-20(19)31(23)14-35-9-8-34-2)38-17-6-4-16(5-7-17)37-24(26,27)28/h4-7,10-13H,3,8-9,14H2,1-2H3. The number of alkyl halides is 3. The number of methoxy groups -OCH3 is 1. The summed E-state index contributed by atoms with van der Waals surface area (Å²) in [5.74, 6) is -0.451. The summed E-state index contributed by atoms with van der Waals surface area (Å²) in [7, 11) is 1.57. The first-order valence-corrected chi connectivity index (χ1v) is 12.4. The van der Waals surface area contributed by atoms with E-state index >= 15 is 0 Å². The van der Waals surface area contributed by atoms with E-state index in [9.17, 15) is 18.0 Å². The molecule has 0 radical (unpaired) electrons. The van der Waals surface area contributed by atoms with Crippen LogP contribution in [-0.4, -0.2) is 58.6 Å². The Morgan fingerprint density at radius 1 is 1.16 bits per heavy atom. The lowest BCUT2D eigenvalue weighted by Crippen LogP contribution is -2.16. The van der Waals surface area contributed by atoms with E-state index in [1.54, 1.807) is 30.7 Å². The minimum Gasteiger partial charge on any atom is -0.462 e. The molecule has 0 amide bonds. The van der Waals surface area contributed by atoms with Crippen LogP contribution in [0, 0.1) is 0 Å². The topological polar surface area (TPSA) is 89.6 Å². The van der Waals surface area contributed by atoms with Crippen molar-refractivity contribution in [1.29, 1.82) is 0 Å². The Balaban J connectivity index is 1.66. The van der Waals surface area contributed by atoms with Crippen LogP contribution in [0.3, 0.4) is 0 Å². The van der Waals surface area contributed by atoms with Gasteiger partial charge in [-0.25, -0.2) is 14.5 Å². The van der Waals surface area contributed by atoms with Crippen molar-refractivity contribution in [3.05, 3.63) is 59.4 Å². The molecule has 0 aliphatic rings. The zero-order valence-corrected chi connectivity index (χ0v) is 21.8. The average Bonchev–Trinajstić information content (AvgIpc) is 3.48. The lowest BCUT2D eigenvalue weighted by Gasteiger charge is -2.11. The lowest BCUT2D eigenvalue weighted by molar-refractivity contribution is -0.274. The van der Waals surface area contributed by atoms with Gasteiger partial charge < -0.3 is 18.9 Å². The van der Waals surface area contributed by atoms with Crippen LogP contribution in [0.5, 0.6) is 5.75 Å². The van der Waals surface area contributed by atoms with E-state index in [0.717, 1.165) is 0 Å². The molecule has 0 aliphatic heterocycles. The van der Waals surface area contributed by atoms with Crippen LogP contribution in [0.4, 0.5) is 13.2 Å². The lowest BCUT2D eigenvalue weighted by atomic mass is 10.3. The van der Waals surface area contributed by atoms with Crippen LogP contribution in [0.15, 0.2) is 58.6 Å². The van der Waals surface area contributed by atoms with Gasteiger partial charge in [0.25, 0.3) is 0 Å². The van der Waals surface area contributed by atoms with Gasteiger partial charge in [-0.3, -0.25) is 4.57 Å². The van der Waals surface area contributed by atoms with Gasteiger partial charge in [-0.05, 0) is 43.3 Å². The van der Waals surface area contributed by atoms with Crippen LogP contribution in [-0.2, 0) is 20.9 Å². The summed E-state index contributed by atoms with van der Waals surface area (Å²) in [6.07, 6.45) is -1.88.